The lowest BCUT2D eigenvalue weighted by Gasteiger charge is -2.19. The summed E-state index contributed by atoms with van der Waals surface area (Å²) in [5, 5.41) is 9.33. The van der Waals surface area contributed by atoms with E-state index in [1.165, 1.54) is 17.3 Å². The number of carbonyl (C=O) groups is 1. The van der Waals surface area contributed by atoms with E-state index in [0.29, 0.717) is 12.2 Å². The maximum absolute atomic E-state index is 12.5. The van der Waals surface area contributed by atoms with Crippen LogP contribution in [0.5, 0.6) is 0 Å². The molecule has 0 radical (unpaired) electrons. The summed E-state index contributed by atoms with van der Waals surface area (Å²) in [6.45, 7) is 9.35. The Morgan fingerprint density at radius 1 is 1.11 bits per heavy atom. The van der Waals surface area contributed by atoms with Crippen molar-refractivity contribution in [1.82, 2.24) is 19.7 Å². The van der Waals surface area contributed by atoms with Gasteiger partial charge in [0.15, 0.2) is 11.0 Å². The molecule has 3 rings (SSSR count). The van der Waals surface area contributed by atoms with Gasteiger partial charge in [-0.05, 0) is 35.6 Å². The summed E-state index contributed by atoms with van der Waals surface area (Å²) in [6.07, 6.45) is 3.95. The van der Waals surface area contributed by atoms with Crippen LogP contribution in [0, 0.1) is 0 Å². The zero-order valence-corrected chi connectivity index (χ0v) is 17.7. The highest BCUT2D eigenvalue weighted by atomic mass is 32.2. The Balaban J connectivity index is 1.63. The third kappa shape index (κ3) is 4.87. The molecule has 0 bridgehead atoms. The minimum atomic E-state index is 0.120. The van der Waals surface area contributed by atoms with E-state index in [1.54, 1.807) is 12.4 Å². The Bertz CT molecular complexity index is 927. The third-order valence-electron chi connectivity index (χ3n) is 4.54. The van der Waals surface area contributed by atoms with Crippen LogP contribution in [0.25, 0.3) is 11.4 Å². The molecule has 0 amide bonds. The van der Waals surface area contributed by atoms with Gasteiger partial charge in [-0.25, -0.2) is 0 Å². The number of nitrogens with zero attached hydrogens (tertiary/aromatic N) is 4. The molecule has 0 aliphatic heterocycles. The minimum Gasteiger partial charge on any atom is -0.302 e. The maximum Gasteiger partial charge on any atom is 0.191 e. The highest BCUT2D eigenvalue weighted by Crippen LogP contribution is 2.24. The van der Waals surface area contributed by atoms with Crippen molar-refractivity contribution in [2.75, 3.05) is 5.75 Å². The van der Waals surface area contributed by atoms with Gasteiger partial charge in [-0.1, -0.05) is 56.8 Å². The summed E-state index contributed by atoms with van der Waals surface area (Å²) in [5.41, 5.74) is 3.37. The van der Waals surface area contributed by atoms with E-state index in [0.717, 1.165) is 28.7 Å². The molecule has 2 heterocycles. The van der Waals surface area contributed by atoms with E-state index in [9.17, 15) is 4.79 Å². The first-order valence-electron chi connectivity index (χ1n) is 9.46. The molecular formula is C22H26N4OS. The van der Waals surface area contributed by atoms with Crippen molar-refractivity contribution in [3.8, 4) is 11.4 Å². The Kier molecular flexibility index (Phi) is 6.29. The normalized spacial score (nSPS) is 11.6. The lowest BCUT2D eigenvalue weighted by atomic mass is 9.86. The van der Waals surface area contributed by atoms with Gasteiger partial charge in [0.05, 0.1) is 5.75 Å². The number of pyridine rings is 1. The second-order valence-corrected chi connectivity index (χ2v) is 8.69. The minimum absolute atomic E-state index is 0.120. The number of Topliss-reactive ketones (excluding diaryl/α,β-unsaturated/α-hetero) is 1. The highest BCUT2D eigenvalue weighted by Gasteiger charge is 2.16. The van der Waals surface area contributed by atoms with E-state index < -0.39 is 0 Å². The molecule has 0 unspecified atom stereocenters. The Morgan fingerprint density at radius 3 is 2.46 bits per heavy atom. The molecule has 0 saturated heterocycles. The lowest BCUT2D eigenvalue weighted by molar-refractivity contribution is -0.116. The largest absolute Gasteiger partial charge is 0.302 e. The smallest absolute Gasteiger partial charge is 0.191 e. The van der Waals surface area contributed by atoms with Crippen LogP contribution in [0.1, 0.15) is 38.8 Å². The van der Waals surface area contributed by atoms with E-state index in [1.807, 2.05) is 23.6 Å². The topological polar surface area (TPSA) is 60.7 Å². The first-order chi connectivity index (χ1) is 13.4. The van der Waals surface area contributed by atoms with Gasteiger partial charge < -0.3 is 4.57 Å². The molecule has 2 aromatic heterocycles. The predicted octanol–water partition coefficient (Wildman–Crippen LogP) is 4.56. The number of rotatable bonds is 7. The molecule has 0 spiro atoms. The number of hydrogen-bond acceptors (Lipinski definition) is 5. The number of thioether (sulfide) groups is 1. The Hall–Kier alpha value is -2.47. The second-order valence-electron chi connectivity index (χ2n) is 7.74. The van der Waals surface area contributed by atoms with Crippen molar-refractivity contribution in [1.29, 1.82) is 0 Å². The SMILES string of the molecule is CCn1c(SCC(=O)Cc2ccc(C(C)(C)C)cc2)nnc1-c1cccnc1. The fourth-order valence-corrected chi connectivity index (χ4v) is 3.80. The first-order valence-corrected chi connectivity index (χ1v) is 10.4. The van der Waals surface area contributed by atoms with Crippen molar-refractivity contribution in [3.63, 3.8) is 0 Å². The van der Waals surface area contributed by atoms with E-state index in [-0.39, 0.29) is 11.2 Å². The molecule has 3 aromatic rings. The predicted molar refractivity (Wildman–Crippen MR) is 114 cm³/mol. The van der Waals surface area contributed by atoms with Gasteiger partial charge in [0.1, 0.15) is 5.78 Å². The van der Waals surface area contributed by atoms with Gasteiger partial charge in [0, 0.05) is 30.9 Å². The Morgan fingerprint density at radius 2 is 1.86 bits per heavy atom. The summed E-state index contributed by atoms with van der Waals surface area (Å²) in [5.74, 6) is 1.34. The summed E-state index contributed by atoms with van der Waals surface area (Å²) >= 11 is 1.44. The molecule has 1 aromatic carbocycles. The maximum atomic E-state index is 12.5. The lowest BCUT2D eigenvalue weighted by Crippen LogP contribution is -2.11. The van der Waals surface area contributed by atoms with Crippen molar-refractivity contribution < 1.29 is 4.79 Å². The van der Waals surface area contributed by atoms with Gasteiger partial charge in [-0.15, -0.1) is 10.2 Å². The van der Waals surface area contributed by atoms with Crippen LogP contribution in [-0.2, 0) is 23.2 Å². The molecule has 0 aliphatic rings. The Labute approximate surface area is 170 Å². The van der Waals surface area contributed by atoms with E-state index >= 15 is 0 Å². The molecule has 5 nitrogen and oxygen atoms in total. The van der Waals surface area contributed by atoms with Crippen molar-refractivity contribution in [3.05, 3.63) is 59.9 Å². The number of hydrogen-bond donors (Lipinski definition) is 0. The number of ketones is 1. The average Bonchev–Trinajstić information content (AvgIpc) is 3.10. The zero-order chi connectivity index (χ0) is 20.1. The molecule has 0 saturated carbocycles. The molecular weight excluding hydrogens is 368 g/mol. The summed E-state index contributed by atoms with van der Waals surface area (Å²) in [4.78, 5) is 16.6. The van der Waals surface area contributed by atoms with Crippen LogP contribution < -0.4 is 0 Å². The van der Waals surface area contributed by atoms with Crippen LogP contribution in [0.2, 0.25) is 0 Å². The van der Waals surface area contributed by atoms with Gasteiger partial charge in [0.25, 0.3) is 0 Å². The quantitative estimate of drug-likeness (QED) is 0.550. The summed E-state index contributed by atoms with van der Waals surface area (Å²) in [6, 6.07) is 12.2. The second kappa shape index (κ2) is 8.69. The fraction of sp³-hybridized carbons (Fsp3) is 0.364. The van der Waals surface area contributed by atoms with Crippen molar-refractivity contribution in [2.45, 2.75) is 51.2 Å². The van der Waals surface area contributed by atoms with Crippen molar-refractivity contribution >= 4 is 17.5 Å². The molecule has 0 fully saturated rings. The van der Waals surface area contributed by atoms with Gasteiger partial charge >= 0.3 is 0 Å². The van der Waals surface area contributed by atoms with Crippen LogP contribution in [0.3, 0.4) is 0 Å². The third-order valence-corrected chi connectivity index (χ3v) is 5.56. The summed E-state index contributed by atoms with van der Waals surface area (Å²) in [7, 11) is 0. The zero-order valence-electron chi connectivity index (χ0n) is 16.8. The number of carbonyl (C=O) groups excluding carboxylic acids is 1. The van der Waals surface area contributed by atoms with Crippen molar-refractivity contribution in [2.24, 2.45) is 0 Å². The van der Waals surface area contributed by atoms with Gasteiger partial charge in [-0.2, -0.15) is 0 Å². The molecule has 6 heteroatoms. The molecule has 0 atom stereocenters. The van der Waals surface area contributed by atoms with E-state index in [4.69, 9.17) is 0 Å². The van der Waals surface area contributed by atoms with Crippen LogP contribution in [-0.4, -0.2) is 31.3 Å². The molecule has 28 heavy (non-hydrogen) atoms. The summed E-state index contributed by atoms with van der Waals surface area (Å²) < 4.78 is 2.02. The van der Waals surface area contributed by atoms with E-state index in [2.05, 4.69) is 60.2 Å². The molecule has 0 aliphatic carbocycles. The number of benzene rings is 1. The molecule has 146 valence electrons. The van der Waals surface area contributed by atoms with Gasteiger partial charge in [-0.3, -0.25) is 9.78 Å². The monoisotopic (exact) mass is 394 g/mol. The van der Waals surface area contributed by atoms with Gasteiger partial charge in [0.2, 0.25) is 0 Å². The van der Waals surface area contributed by atoms with Crippen LogP contribution >= 0.6 is 11.8 Å². The first kappa shape index (κ1) is 20.3. The molecule has 0 N–H and O–H groups in total. The number of aromatic nitrogens is 4. The van der Waals surface area contributed by atoms with Crippen LogP contribution in [0.4, 0.5) is 0 Å². The average molecular weight is 395 g/mol. The standard InChI is InChI=1S/C22H26N4OS/c1-5-26-20(17-7-6-12-23-14-17)24-25-21(26)28-15-19(27)13-16-8-10-18(11-9-16)22(2,3)4/h6-12,14H,5,13,15H2,1-4H3. The van der Waals surface area contributed by atoms with Crippen LogP contribution in [0.15, 0.2) is 53.9 Å². The highest BCUT2D eigenvalue weighted by molar-refractivity contribution is 7.99. The fourth-order valence-electron chi connectivity index (χ4n) is 2.94.